The fraction of sp³-hybridized carbons (Fsp3) is 0.667. The Morgan fingerprint density at radius 1 is 0.530 bits per heavy atom. The van der Waals surface area contributed by atoms with Crippen LogP contribution in [0, 0.1) is 59.2 Å². The van der Waals surface area contributed by atoms with E-state index in [-0.39, 0.29) is 76.0 Å². The zero-order chi connectivity index (χ0) is 44.1. The van der Waals surface area contributed by atoms with E-state index in [0.717, 1.165) is 130 Å². The number of Topliss-reactive ketones (excluding diaryl/α,β-unsaturated/α-hetero) is 4. The Balaban J connectivity index is 0.801. The molecule has 12 heteroatoms. The minimum atomic E-state index is -0.563. The molecular weight excluding hydrogens is 865 g/mol. The highest BCUT2D eigenvalue weighted by molar-refractivity contribution is 7.16. The van der Waals surface area contributed by atoms with Crippen LogP contribution in [0.4, 0.5) is 10.3 Å². The van der Waals surface area contributed by atoms with Crippen LogP contribution in [-0.2, 0) is 39.9 Å². The molecule has 344 valence electrons. The van der Waals surface area contributed by atoms with Gasteiger partial charge in [-0.05, 0) is 125 Å². The van der Waals surface area contributed by atoms with Crippen LogP contribution in [0.5, 0.6) is 0 Å². The Hall–Kier alpha value is -3.90. The number of ketones is 4. The van der Waals surface area contributed by atoms with E-state index in [0.29, 0.717) is 33.9 Å². The summed E-state index contributed by atoms with van der Waals surface area (Å²) >= 11 is 3.09. The van der Waals surface area contributed by atoms with Crippen LogP contribution >= 0.6 is 22.7 Å². The Kier molecular flexibility index (Phi) is 9.53. The molecule has 2 aromatic heterocycles. The molecule has 66 heavy (non-hydrogen) atoms. The van der Waals surface area contributed by atoms with Gasteiger partial charge in [0, 0.05) is 40.0 Å². The summed E-state index contributed by atoms with van der Waals surface area (Å²) in [6.45, 7) is 0. The first-order valence-electron chi connectivity index (χ1n) is 26.1. The lowest BCUT2D eigenvalue weighted by atomic mass is 9.64. The van der Waals surface area contributed by atoms with E-state index in [2.05, 4.69) is 18.2 Å². The Labute approximate surface area is 394 Å². The number of ether oxygens (including phenoxy) is 2. The highest BCUT2D eigenvalue weighted by atomic mass is 32.1. The second-order valence-electron chi connectivity index (χ2n) is 22.8. The normalized spacial score (nSPS) is 37.9. The van der Waals surface area contributed by atoms with Crippen LogP contribution in [0.2, 0.25) is 0 Å². The van der Waals surface area contributed by atoms with Crippen LogP contribution in [0.25, 0.3) is 5.57 Å². The second kappa shape index (κ2) is 15.3. The lowest BCUT2D eigenvalue weighted by Gasteiger charge is -2.47. The summed E-state index contributed by atoms with van der Waals surface area (Å²) in [6.07, 6.45) is 30.9. The Morgan fingerprint density at radius 2 is 1.02 bits per heavy atom. The van der Waals surface area contributed by atoms with Gasteiger partial charge in [0.1, 0.15) is 22.9 Å². The third-order valence-electron chi connectivity index (χ3n) is 19.3. The van der Waals surface area contributed by atoms with Crippen molar-refractivity contribution in [2.45, 2.75) is 165 Å². The lowest BCUT2D eigenvalue weighted by Crippen LogP contribution is -2.40. The maximum absolute atomic E-state index is 14.0. The van der Waals surface area contributed by atoms with E-state index in [1.54, 1.807) is 11.3 Å². The fourth-order valence-electron chi connectivity index (χ4n) is 16.0. The van der Waals surface area contributed by atoms with E-state index in [1.165, 1.54) is 67.6 Å². The van der Waals surface area contributed by atoms with Gasteiger partial charge in [-0.3, -0.25) is 19.2 Å². The number of nitrogens with zero attached hydrogens (tertiary/aromatic N) is 4. The van der Waals surface area contributed by atoms with E-state index < -0.39 is 11.2 Å². The van der Waals surface area contributed by atoms with Crippen LogP contribution in [0.3, 0.4) is 0 Å². The number of carbonyl (C=O) groups excluding carboxylic acids is 4. The number of carbonyl (C=O) groups is 4. The van der Waals surface area contributed by atoms with Gasteiger partial charge in [-0.25, -0.2) is 20.0 Å². The number of hydrogen-bond donors (Lipinski definition) is 0. The van der Waals surface area contributed by atoms with E-state index in [4.69, 9.17) is 29.4 Å². The van der Waals surface area contributed by atoms with Crippen LogP contribution < -0.4 is 0 Å². The van der Waals surface area contributed by atoms with Gasteiger partial charge in [-0.2, -0.15) is 0 Å². The average Bonchev–Trinajstić information content (AvgIpc) is 4.09. The molecule has 2 aromatic rings. The van der Waals surface area contributed by atoms with Gasteiger partial charge < -0.3 is 9.47 Å². The van der Waals surface area contributed by atoms with Crippen molar-refractivity contribution in [3.05, 3.63) is 50.9 Å². The topological polar surface area (TPSA) is 137 Å². The van der Waals surface area contributed by atoms with Crippen molar-refractivity contribution >= 4 is 73.1 Å². The van der Waals surface area contributed by atoms with Crippen molar-refractivity contribution in [3.63, 3.8) is 0 Å². The number of thiazole rings is 2. The minimum absolute atomic E-state index is 0.00418. The third kappa shape index (κ3) is 6.19. The Morgan fingerprint density at radius 3 is 1.55 bits per heavy atom. The molecule has 0 saturated heterocycles. The first-order valence-corrected chi connectivity index (χ1v) is 27.8. The molecule has 2 aliphatic heterocycles. The molecule has 10 nitrogen and oxygen atoms in total. The lowest BCUT2D eigenvalue weighted by molar-refractivity contribution is -0.123. The largest absolute Gasteiger partial charge is 0.485 e. The Bertz CT molecular complexity index is 2570. The zero-order valence-electron chi connectivity index (χ0n) is 37.9. The maximum Gasteiger partial charge on any atom is 0.210 e. The van der Waals surface area contributed by atoms with E-state index >= 15 is 0 Å². The molecule has 0 amide bonds. The predicted molar refractivity (Wildman–Crippen MR) is 252 cm³/mol. The minimum Gasteiger partial charge on any atom is -0.485 e. The number of aromatic nitrogens is 2. The number of allylic oxidation sites excluding steroid dienone is 5. The van der Waals surface area contributed by atoms with Crippen molar-refractivity contribution in [2.24, 2.45) is 69.2 Å². The smallest absolute Gasteiger partial charge is 0.210 e. The third-order valence-corrected chi connectivity index (χ3v) is 21.4. The summed E-state index contributed by atoms with van der Waals surface area (Å²) < 4.78 is 14.5. The summed E-state index contributed by atoms with van der Waals surface area (Å²) in [6, 6.07) is 0. The zero-order valence-corrected chi connectivity index (χ0v) is 39.5. The van der Waals surface area contributed by atoms with Gasteiger partial charge in [0.2, 0.25) is 10.3 Å². The van der Waals surface area contributed by atoms with Gasteiger partial charge in [0.15, 0.2) is 45.8 Å². The van der Waals surface area contributed by atoms with Gasteiger partial charge in [0.25, 0.3) is 0 Å². The van der Waals surface area contributed by atoms with Gasteiger partial charge in [-0.1, -0.05) is 93.0 Å². The molecule has 2 spiro atoms. The molecule has 11 atom stereocenters. The molecule has 8 fully saturated rings. The van der Waals surface area contributed by atoms with E-state index in [1.807, 2.05) is 0 Å². The van der Waals surface area contributed by atoms with Gasteiger partial charge >= 0.3 is 0 Å². The molecule has 0 radical (unpaired) electrons. The molecule has 12 aliphatic rings. The molecular formula is C54H60N4O6S2. The summed E-state index contributed by atoms with van der Waals surface area (Å²) in [7, 11) is 0. The summed E-state index contributed by atoms with van der Waals surface area (Å²) in [5.74, 6) is 3.27. The SMILES string of the molecule is O=C1C(=Nc2nc3c(s2)C2=CC4C=C5OC6(CCCCC6)c6nc(N=C7C(=O)C8CC9CCCCC9CC8C7=O)sc6C5CC4C=C2OC32CCCCC2)C(=O)C2CC3CCCCC3CC12. The maximum atomic E-state index is 14.0. The van der Waals surface area contributed by atoms with Crippen LogP contribution in [0.15, 0.2) is 39.7 Å². The van der Waals surface area contributed by atoms with Crippen molar-refractivity contribution in [1.29, 1.82) is 0 Å². The molecule has 8 saturated carbocycles. The fourth-order valence-corrected chi connectivity index (χ4v) is 18.2. The molecule has 14 rings (SSSR count). The molecule has 0 bridgehead atoms. The highest BCUT2D eigenvalue weighted by Crippen LogP contribution is 2.61. The van der Waals surface area contributed by atoms with Crippen LogP contribution in [-0.4, -0.2) is 44.5 Å². The summed E-state index contributed by atoms with van der Waals surface area (Å²) in [5, 5.41) is 1.02. The molecule has 4 heterocycles. The molecule has 0 aromatic carbocycles. The van der Waals surface area contributed by atoms with Crippen molar-refractivity contribution in [3.8, 4) is 0 Å². The van der Waals surface area contributed by atoms with Crippen molar-refractivity contribution in [1.82, 2.24) is 9.97 Å². The number of fused-ring (bicyclic) bond motifs is 13. The first-order chi connectivity index (χ1) is 32.2. The number of aliphatic imine (C=N–C) groups is 2. The quantitative estimate of drug-likeness (QED) is 0.290. The standard InChI is InChI=1S/C54H60N4O6S2/c59-43-33-19-27-11-3-4-12-28(27)20-34(33)44(60)41(43)55-51-57-49-47(65-51)37-23-32-26-40-38(24-31(32)25-39(37)63-53(49)15-7-1-8-16-53)48-50(54(64-40)17-9-2-10-18-54)58-52(66-48)56-42-45(61)35-21-29-13-5-6-14-30(29)22-36(35)46(42)62/h23,25-36,38H,1-22,24H2. The van der Waals surface area contributed by atoms with Gasteiger partial charge in [-0.15, -0.1) is 0 Å². The highest BCUT2D eigenvalue weighted by Gasteiger charge is 2.56. The monoisotopic (exact) mass is 924 g/mol. The van der Waals surface area contributed by atoms with Gasteiger partial charge in [0.05, 0.1) is 10.8 Å². The molecule has 0 N–H and O–H groups in total. The van der Waals surface area contributed by atoms with Crippen LogP contribution in [0.1, 0.15) is 175 Å². The van der Waals surface area contributed by atoms with E-state index in [9.17, 15) is 19.2 Å². The number of rotatable bonds is 2. The molecule has 11 unspecified atom stereocenters. The number of hydrogen-bond acceptors (Lipinski definition) is 12. The average molecular weight is 925 g/mol. The predicted octanol–water partition coefficient (Wildman–Crippen LogP) is 11.7. The first kappa shape index (κ1) is 41.1. The summed E-state index contributed by atoms with van der Waals surface area (Å²) in [4.78, 5) is 78.4. The van der Waals surface area contributed by atoms with Crippen molar-refractivity contribution in [2.75, 3.05) is 0 Å². The molecule has 10 aliphatic carbocycles. The summed E-state index contributed by atoms with van der Waals surface area (Å²) in [5.41, 5.74) is 2.10. The second-order valence-corrected chi connectivity index (χ2v) is 24.7. The van der Waals surface area contributed by atoms with Crippen molar-refractivity contribution < 1.29 is 28.7 Å².